The Kier molecular flexibility index (Phi) is 3.63. The molecule has 0 aliphatic rings. The van der Waals surface area contributed by atoms with E-state index in [1.165, 1.54) is 0 Å². The van der Waals surface area contributed by atoms with Crippen molar-refractivity contribution >= 4 is 12.0 Å². The van der Waals surface area contributed by atoms with Crippen molar-refractivity contribution < 1.29 is 31.1 Å². The highest BCUT2D eigenvalue weighted by Crippen LogP contribution is 2.42. The lowest BCUT2D eigenvalue weighted by Crippen LogP contribution is -2.66. The predicted octanol–water partition coefficient (Wildman–Crippen LogP) is 1.81. The monoisotopic (exact) mass is 291 g/mol. The molecule has 0 saturated carbocycles. The van der Waals surface area contributed by atoms with E-state index in [0.717, 1.165) is 11.6 Å². The number of aromatic amines is 1. The van der Waals surface area contributed by atoms with Gasteiger partial charge in [0.05, 0.1) is 0 Å². The standard InChI is InChI=1S/C7H7F6N5O/c1-5(6(8,9)10,7(11,12)13)17-4(19)16-3-14-2-15-18-3/h2H,1H3,(H3,14,15,16,17,18,19). The third-order valence-electron chi connectivity index (χ3n) is 2.14. The molecule has 2 amide bonds. The van der Waals surface area contributed by atoms with Crippen molar-refractivity contribution in [2.45, 2.75) is 24.8 Å². The van der Waals surface area contributed by atoms with Gasteiger partial charge in [-0.25, -0.2) is 9.89 Å². The van der Waals surface area contributed by atoms with Crippen LogP contribution in [0.2, 0.25) is 0 Å². The Morgan fingerprint density at radius 1 is 1.21 bits per heavy atom. The SMILES string of the molecule is CC(NC(=O)Nc1ncn[nH]1)(C(F)(F)F)C(F)(F)F. The average Bonchev–Trinajstić information content (AvgIpc) is 2.66. The van der Waals surface area contributed by atoms with Gasteiger partial charge in [-0.3, -0.25) is 5.32 Å². The highest BCUT2D eigenvalue weighted by Gasteiger charge is 2.68. The van der Waals surface area contributed by atoms with E-state index < -0.39 is 29.9 Å². The number of anilines is 1. The van der Waals surface area contributed by atoms with E-state index in [9.17, 15) is 31.1 Å². The Labute approximate surface area is 101 Å². The Balaban J connectivity index is 2.88. The van der Waals surface area contributed by atoms with Gasteiger partial charge in [-0.15, -0.1) is 0 Å². The fourth-order valence-corrected chi connectivity index (χ4v) is 0.934. The topological polar surface area (TPSA) is 82.7 Å². The lowest BCUT2D eigenvalue weighted by Gasteiger charge is -2.34. The molecule has 1 aromatic heterocycles. The molecule has 108 valence electrons. The number of aromatic nitrogens is 3. The minimum absolute atomic E-state index is 0.188. The molecule has 3 N–H and O–H groups in total. The first-order valence-corrected chi connectivity index (χ1v) is 4.55. The molecule has 0 atom stereocenters. The first-order valence-electron chi connectivity index (χ1n) is 4.55. The van der Waals surface area contributed by atoms with E-state index >= 15 is 0 Å². The van der Waals surface area contributed by atoms with Crippen LogP contribution in [0, 0.1) is 0 Å². The quantitative estimate of drug-likeness (QED) is 0.727. The van der Waals surface area contributed by atoms with Crippen molar-refractivity contribution in [2.24, 2.45) is 0 Å². The van der Waals surface area contributed by atoms with E-state index in [1.54, 1.807) is 5.32 Å². The van der Waals surface area contributed by atoms with E-state index in [-0.39, 0.29) is 6.92 Å². The number of nitrogens with one attached hydrogen (secondary N) is 3. The summed E-state index contributed by atoms with van der Waals surface area (Å²) in [5.41, 5.74) is -4.38. The molecule has 0 aromatic carbocycles. The lowest BCUT2D eigenvalue weighted by molar-refractivity contribution is -0.297. The molecule has 0 spiro atoms. The second-order valence-electron chi connectivity index (χ2n) is 3.53. The number of hydrogen-bond acceptors (Lipinski definition) is 3. The van der Waals surface area contributed by atoms with Crippen LogP contribution in [0.1, 0.15) is 6.92 Å². The second-order valence-corrected chi connectivity index (χ2v) is 3.53. The van der Waals surface area contributed by atoms with Crippen molar-refractivity contribution in [3.05, 3.63) is 6.33 Å². The summed E-state index contributed by atoms with van der Waals surface area (Å²) >= 11 is 0. The fourth-order valence-electron chi connectivity index (χ4n) is 0.934. The number of rotatable bonds is 2. The third kappa shape index (κ3) is 3.06. The molecule has 0 radical (unpaired) electrons. The van der Waals surface area contributed by atoms with Crippen molar-refractivity contribution in [1.82, 2.24) is 20.5 Å². The van der Waals surface area contributed by atoms with E-state index in [0.29, 0.717) is 0 Å². The van der Waals surface area contributed by atoms with Gasteiger partial charge in [0.25, 0.3) is 0 Å². The Bertz CT molecular complexity index is 424. The van der Waals surface area contributed by atoms with Gasteiger partial charge in [0, 0.05) is 0 Å². The Hall–Kier alpha value is -2.01. The summed E-state index contributed by atoms with van der Waals surface area (Å²) < 4.78 is 74.6. The summed E-state index contributed by atoms with van der Waals surface area (Å²) in [6.45, 7) is -0.188. The number of halogens is 6. The number of nitrogens with zero attached hydrogens (tertiary/aromatic N) is 2. The highest BCUT2D eigenvalue weighted by molar-refractivity contribution is 5.87. The molecule has 6 nitrogen and oxygen atoms in total. The maximum absolute atomic E-state index is 12.4. The number of hydrogen-bond donors (Lipinski definition) is 3. The molecule has 12 heteroatoms. The smallest absolute Gasteiger partial charge is 0.316 e. The molecule has 19 heavy (non-hydrogen) atoms. The minimum Gasteiger partial charge on any atom is -0.316 e. The number of H-pyrrole nitrogens is 1. The van der Waals surface area contributed by atoms with Gasteiger partial charge >= 0.3 is 18.4 Å². The summed E-state index contributed by atoms with van der Waals surface area (Å²) in [7, 11) is 0. The molecule has 1 aromatic rings. The normalized spacial score (nSPS) is 13.2. The van der Waals surface area contributed by atoms with Gasteiger partial charge in [-0.05, 0) is 6.92 Å². The van der Waals surface area contributed by atoms with Gasteiger partial charge in [0.2, 0.25) is 11.5 Å². The summed E-state index contributed by atoms with van der Waals surface area (Å²) in [6, 6.07) is -1.73. The second kappa shape index (κ2) is 4.59. The first-order chi connectivity index (χ1) is 8.47. The number of alkyl halides is 6. The number of amides is 2. The Morgan fingerprint density at radius 3 is 2.11 bits per heavy atom. The van der Waals surface area contributed by atoms with Crippen LogP contribution in [0.4, 0.5) is 37.1 Å². The van der Waals surface area contributed by atoms with Crippen LogP contribution in [0.5, 0.6) is 0 Å². The third-order valence-corrected chi connectivity index (χ3v) is 2.14. The molecular formula is C7H7F6N5O. The zero-order chi connectivity index (χ0) is 14.9. The predicted molar refractivity (Wildman–Crippen MR) is 49.1 cm³/mol. The largest absolute Gasteiger partial charge is 0.420 e. The molecule has 1 rings (SSSR count). The van der Waals surface area contributed by atoms with Gasteiger partial charge < -0.3 is 5.32 Å². The van der Waals surface area contributed by atoms with Crippen molar-refractivity contribution in [2.75, 3.05) is 5.32 Å². The summed E-state index contributed by atoms with van der Waals surface area (Å²) in [4.78, 5) is 14.4. The van der Waals surface area contributed by atoms with Crippen LogP contribution in [0.3, 0.4) is 0 Å². The van der Waals surface area contributed by atoms with Gasteiger partial charge in [-0.2, -0.15) is 36.4 Å². The molecule has 0 aliphatic carbocycles. The fraction of sp³-hybridized carbons (Fsp3) is 0.571. The molecular weight excluding hydrogens is 284 g/mol. The zero-order valence-electron chi connectivity index (χ0n) is 9.15. The van der Waals surface area contributed by atoms with E-state index in [4.69, 9.17) is 0 Å². The van der Waals surface area contributed by atoms with Crippen LogP contribution in [0.25, 0.3) is 0 Å². The van der Waals surface area contributed by atoms with Crippen LogP contribution in [-0.2, 0) is 0 Å². The molecule has 1 heterocycles. The van der Waals surface area contributed by atoms with Crippen molar-refractivity contribution in [3.63, 3.8) is 0 Å². The van der Waals surface area contributed by atoms with Crippen molar-refractivity contribution in [3.8, 4) is 0 Å². The summed E-state index contributed by atoms with van der Waals surface area (Å²) in [5.74, 6) is -0.399. The van der Waals surface area contributed by atoms with Crippen LogP contribution < -0.4 is 10.6 Å². The maximum Gasteiger partial charge on any atom is 0.420 e. The number of carbonyl (C=O) groups is 1. The van der Waals surface area contributed by atoms with Crippen LogP contribution in [-0.4, -0.2) is 39.1 Å². The van der Waals surface area contributed by atoms with Crippen LogP contribution >= 0.6 is 0 Å². The van der Waals surface area contributed by atoms with Gasteiger partial charge in [-0.1, -0.05) is 0 Å². The Morgan fingerprint density at radius 2 is 1.74 bits per heavy atom. The molecule has 0 aliphatic heterocycles. The summed E-state index contributed by atoms with van der Waals surface area (Å²) in [5, 5.41) is 7.75. The van der Waals surface area contributed by atoms with E-state index in [2.05, 4.69) is 10.1 Å². The lowest BCUT2D eigenvalue weighted by atomic mass is 10.0. The molecule has 0 bridgehead atoms. The maximum atomic E-state index is 12.4. The minimum atomic E-state index is -5.72. The number of carbonyl (C=O) groups excluding carboxylic acids is 1. The van der Waals surface area contributed by atoms with Crippen molar-refractivity contribution in [1.29, 1.82) is 0 Å². The first kappa shape index (κ1) is 15.0. The van der Waals surface area contributed by atoms with Gasteiger partial charge in [0.15, 0.2) is 0 Å². The van der Waals surface area contributed by atoms with E-state index in [1.807, 2.05) is 5.10 Å². The average molecular weight is 291 g/mol. The molecule has 0 fully saturated rings. The van der Waals surface area contributed by atoms with Gasteiger partial charge in [0.1, 0.15) is 6.33 Å². The molecule has 0 unspecified atom stereocenters. The number of urea groups is 1. The molecule has 0 saturated heterocycles. The highest BCUT2D eigenvalue weighted by atomic mass is 19.4. The van der Waals surface area contributed by atoms with Crippen LogP contribution in [0.15, 0.2) is 6.33 Å². The zero-order valence-corrected chi connectivity index (χ0v) is 9.15. The summed E-state index contributed by atoms with van der Waals surface area (Å²) in [6.07, 6.45) is -10.5.